The molecule has 1 aromatic carbocycles. The van der Waals surface area contributed by atoms with Crippen molar-refractivity contribution in [2.45, 2.75) is 39.7 Å². The maximum absolute atomic E-state index is 12.0. The number of likely N-dealkylation sites (N-methyl/N-ethyl adjacent to an activating group) is 1. The van der Waals surface area contributed by atoms with E-state index in [9.17, 15) is 9.59 Å². The van der Waals surface area contributed by atoms with Gasteiger partial charge in [-0.3, -0.25) is 9.59 Å². The third-order valence-corrected chi connectivity index (χ3v) is 3.59. The molecule has 0 bridgehead atoms. The van der Waals surface area contributed by atoms with E-state index in [1.54, 1.807) is 21.0 Å². The Morgan fingerprint density at radius 3 is 2.41 bits per heavy atom. The van der Waals surface area contributed by atoms with E-state index in [2.05, 4.69) is 42.7 Å². The topological polar surface area (TPSA) is 61.4 Å². The SMILES string of the molecule is CCc1ccc(CC)c(NCC(=O)N[C@@H](C)C(=O)N(C)C)c1. The van der Waals surface area contributed by atoms with Crippen LogP contribution in [-0.2, 0) is 22.4 Å². The van der Waals surface area contributed by atoms with Gasteiger partial charge in [0.05, 0.1) is 6.54 Å². The number of nitrogens with zero attached hydrogens (tertiary/aromatic N) is 1. The molecule has 0 saturated heterocycles. The molecule has 2 N–H and O–H groups in total. The van der Waals surface area contributed by atoms with E-state index in [-0.39, 0.29) is 18.4 Å². The van der Waals surface area contributed by atoms with Crippen molar-refractivity contribution in [1.29, 1.82) is 0 Å². The van der Waals surface area contributed by atoms with Gasteiger partial charge in [0.25, 0.3) is 0 Å². The van der Waals surface area contributed by atoms with E-state index in [1.165, 1.54) is 16.0 Å². The van der Waals surface area contributed by atoms with Crippen LogP contribution in [0.3, 0.4) is 0 Å². The number of carbonyl (C=O) groups excluding carboxylic acids is 2. The van der Waals surface area contributed by atoms with Crippen molar-refractivity contribution in [2.75, 3.05) is 26.0 Å². The first-order valence-corrected chi connectivity index (χ1v) is 7.75. The van der Waals surface area contributed by atoms with Crippen molar-refractivity contribution in [1.82, 2.24) is 10.2 Å². The number of amides is 2. The molecule has 0 heterocycles. The largest absolute Gasteiger partial charge is 0.376 e. The van der Waals surface area contributed by atoms with Crippen molar-refractivity contribution in [3.05, 3.63) is 29.3 Å². The number of benzene rings is 1. The Morgan fingerprint density at radius 1 is 1.18 bits per heavy atom. The first kappa shape index (κ1) is 18.0. The zero-order chi connectivity index (χ0) is 16.7. The molecule has 0 fully saturated rings. The summed E-state index contributed by atoms with van der Waals surface area (Å²) in [6.07, 6.45) is 1.86. The van der Waals surface area contributed by atoms with E-state index in [1.807, 2.05) is 0 Å². The van der Waals surface area contributed by atoms with E-state index in [0.717, 1.165) is 18.5 Å². The number of hydrogen-bond donors (Lipinski definition) is 2. The fourth-order valence-electron chi connectivity index (χ4n) is 2.23. The van der Waals surface area contributed by atoms with Crippen LogP contribution in [0.25, 0.3) is 0 Å². The van der Waals surface area contributed by atoms with Crippen LogP contribution >= 0.6 is 0 Å². The molecule has 1 aromatic rings. The van der Waals surface area contributed by atoms with E-state index >= 15 is 0 Å². The summed E-state index contributed by atoms with van der Waals surface area (Å²) in [6, 6.07) is 5.77. The number of carbonyl (C=O) groups is 2. The van der Waals surface area contributed by atoms with Crippen LogP contribution in [0, 0.1) is 0 Å². The highest BCUT2D eigenvalue weighted by molar-refractivity contribution is 5.88. The highest BCUT2D eigenvalue weighted by Crippen LogP contribution is 2.18. The molecule has 122 valence electrons. The Balaban J connectivity index is 2.62. The lowest BCUT2D eigenvalue weighted by atomic mass is 10.1. The minimum absolute atomic E-state index is 0.115. The van der Waals surface area contributed by atoms with Crippen molar-refractivity contribution in [2.24, 2.45) is 0 Å². The fourth-order valence-corrected chi connectivity index (χ4v) is 2.23. The van der Waals surface area contributed by atoms with Crippen LogP contribution in [-0.4, -0.2) is 43.4 Å². The highest BCUT2D eigenvalue weighted by atomic mass is 16.2. The maximum atomic E-state index is 12.0. The summed E-state index contributed by atoms with van der Waals surface area (Å²) in [6.45, 7) is 6.04. The Morgan fingerprint density at radius 2 is 1.86 bits per heavy atom. The quantitative estimate of drug-likeness (QED) is 0.808. The van der Waals surface area contributed by atoms with Gasteiger partial charge in [0, 0.05) is 19.8 Å². The number of hydrogen-bond acceptors (Lipinski definition) is 3. The average Bonchev–Trinajstić information content (AvgIpc) is 2.51. The van der Waals surface area contributed by atoms with Crippen LogP contribution in [0.2, 0.25) is 0 Å². The second-order valence-corrected chi connectivity index (χ2v) is 5.57. The van der Waals surface area contributed by atoms with Gasteiger partial charge in [0.15, 0.2) is 0 Å². The van der Waals surface area contributed by atoms with Gasteiger partial charge in [-0.2, -0.15) is 0 Å². The number of nitrogens with one attached hydrogen (secondary N) is 2. The molecule has 0 aliphatic rings. The molecule has 5 heteroatoms. The zero-order valence-corrected chi connectivity index (χ0v) is 14.2. The lowest BCUT2D eigenvalue weighted by Crippen LogP contribution is -2.46. The summed E-state index contributed by atoms with van der Waals surface area (Å²) in [5.74, 6) is -0.303. The molecule has 0 aliphatic heterocycles. The fraction of sp³-hybridized carbons (Fsp3) is 0.529. The van der Waals surface area contributed by atoms with Gasteiger partial charge in [-0.1, -0.05) is 26.0 Å². The van der Waals surface area contributed by atoms with Gasteiger partial charge in [0.1, 0.15) is 6.04 Å². The molecule has 1 atom stereocenters. The summed E-state index contributed by atoms with van der Waals surface area (Å²) >= 11 is 0. The summed E-state index contributed by atoms with van der Waals surface area (Å²) < 4.78 is 0. The Kier molecular flexibility index (Phi) is 6.89. The van der Waals surface area contributed by atoms with Crippen LogP contribution in [0.1, 0.15) is 31.9 Å². The van der Waals surface area contributed by atoms with Crippen LogP contribution in [0.5, 0.6) is 0 Å². The summed E-state index contributed by atoms with van der Waals surface area (Å²) in [5.41, 5.74) is 3.40. The van der Waals surface area contributed by atoms with E-state index in [0.29, 0.717) is 0 Å². The number of anilines is 1. The van der Waals surface area contributed by atoms with Gasteiger partial charge in [-0.15, -0.1) is 0 Å². The van der Waals surface area contributed by atoms with Gasteiger partial charge >= 0.3 is 0 Å². The predicted molar refractivity (Wildman–Crippen MR) is 90.0 cm³/mol. The average molecular weight is 305 g/mol. The van der Waals surface area contributed by atoms with Gasteiger partial charge in [-0.25, -0.2) is 0 Å². The lowest BCUT2D eigenvalue weighted by molar-refractivity contribution is -0.133. The minimum atomic E-state index is -0.517. The maximum Gasteiger partial charge on any atom is 0.244 e. The molecule has 0 aromatic heterocycles. The second-order valence-electron chi connectivity index (χ2n) is 5.57. The third-order valence-electron chi connectivity index (χ3n) is 3.59. The summed E-state index contributed by atoms with van der Waals surface area (Å²) in [5, 5.41) is 5.88. The molecule has 0 saturated carbocycles. The molecule has 5 nitrogen and oxygen atoms in total. The monoisotopic (exact) mass is 305 g/mol. The first-order valence-electron chi connectivity index (χ1n) is 7.75. The van der Waals surface area contributed by atoms with E-state index < -0.39 is 6.04 Å². The van der Waals surface area contributed by atoms with Gasteiger partial charge < -0.3 is 15.5 Å². The van der Waals surface area contributed by atoms with E-state index in [4.69, 9.17) is 0 Å². The van der Waals surface area contributed by atoms with Gasteiger partial charge in [-0.05, 0) is 37.0 Å². The Hall–Kier alpha value is -2.04. The van der Waals surface area contributed by atoms with Crippen LogP contribution in [0.4, 0.5) is 5.69 Å². The highest BCUT2D eigenvalue weighted by Gasteiger charge is 2.17. The standard InChI is InChI=1S/C17H27N3O2/c1-6-13-8-9-14(7-2)15(10-13)18-11-16(21)19-12(3)17(22)20(4)5/h8-10,12,18H,6-7,11H2,1-5H3,(H,19,21)/t12-/m0/s1. The minimum Gasteiger partial charge on any atom is -0.376 e. The van der Waals surface area contributed by atoms with Crippen molar-refractivity contribution < 1.29 is 9.59 Å². The summed E-state index contributed by atoms with van der Waals surface area (Å²) in [4.78, 5) is 25.2. The predicted octanol–water partition coefficient (Wildman–Crippen LogP) is 1.82. The Labute approximate surface area is 133 Å². The zero-order valence-electron chi connectivity index (χ0n) is 14.2. The normalized spacial score (nSPS) is 11.7. The molecule has 0 radical (unpaired) electrons. The molecule has 2 amide bonds. The van der Waals surface area contributed by atoms with Crippen LogP contribution < -0.4 is 10.6 Å². The number of aryl methyl sites for hydroxylation is 2. The third kappa shape index (κ3) is 5.06. The molecule has 0 unspecified atom stereocenters. The Bertz CT molecular complexity index is 527. The molecule has 22 heavy (non-hydrogen) atoms. The van der Waals surface area contributed by atoms with Gasteiger partial charge in [0.2, 0.25) is 11.8 Å². The molecule has 1 rings (SSSR count). The molecular formula is C17H27N3O2. The number of rotatable bonds is 7. The van der Waals surface area contributed by atoms with Crippen molar-refractivity contribution >= 4 is 17.5 Å². The van der Waals surface area contributed by atoms with Crippen molar-refractivity contribution in [3.8, 4) is 0 Å². The molecular weight excluding hydrogens is 278 g/mol. The lowest BCUT2D eigenvalue weighted by Gasteiger charge is -2.18. The molecule has 0 aliphatic carbocycles. The smallest absolute Gasteiger partial charge is 0.244 e. The first-order chi connectivity index (χ1) is 10.4. The second kappa shape index (κ2) is 8.41. The molecule has 0 spiro atoms. The van der Waals surface area contributed by atoms with Crippen molar-refractivity contribution in [3.63, 3.8) is 0 Å². The summed E-state index contributed by atoms with van der Waals surface area (Å²) in [7, 11) is 3.35. The van der Waals surface area contributed by atoms with Crippen LogP contribution in [0.15, 0.2) is 18.2 Å².